The van der Waals surface area contributed by atoms with E-state index in [2.05, 4.69) is 48.5 Å². The number of nitrogens with one attached hydrogen (secondary N) is 2. The highest BCUT2D eigenvalue weighted by Crippen LogP contribution is 2.28. The van der Waals surface area contributed by atoms with Crippen molar-refractivity contribution in [1.29, 1.82) is 0 Å². The third-order valence-electron chi connectivity index (χ3n) is 4.59. The lowest BCUT2D eigenvalue weighted by molar-refractivity contribution is -0.139. The number of Topliss-reactive ketones (excluding diaryl/α,β-unsaturated/α-hetero) is 2. The van der Waals surface area contributed by atoms with Crippen molar-refractivity contribution in [2.24, 2.45) is 5.41 Å². The van der Waals surface area contributed by atoms with Crippen LogP contribution in [0.4, 0.5) is 0 Å². The van der Waals surface area contributed by atoms with Gasteiger partial charge in [0.2, 0.25) is 5.91 Å². The Bertz CT molecular complexity index is 504. The van der Waals surface area contributed by atoms with E-state index in [1.165, 1.54) is 0 Å². The molecule has 0 saturated heterocycles. The van der Waals surface area contributed by atoms with E-state index in [4.69, 9.17) is 0 Å². The molecule has 0 aliphatic carbocycles. The number of rotatable bonds is 12. The Morgan fingerprint density at radius 3 is 1.72 bits per heavy atom. The summed E-state index contributed by atoms with van der Waals surface area (Å²) in [7, 11) is 0. The molecule has 0 aliphatic heterocycles. The summed E-state index contributed by atoms with van der Waals surface area (Å²) in [5, 5.41) is 5.92. The third kappa shape index (κ3) is 6.19. The van der Waals surface area contributed by atoms with Crippen LogP contribution in [0.5, 0.6) is 0 Å². The normalized spacial score (nSPS) is 18.6. The SMILES string of the molecule is CCN[C@@](C)(CS)C(=O)C[C@@](C)(CS)C(=O)N[C@@](C)(CS)C(=O)CC. The van der Waals surface area contributed by atoms with Crippen molar-refractivity contribution in [3.05, 3.63) is 0 Å². The molecule has 25 heavy (non-hydrogen) atoms. The van der Waals surface area contributed by atoms with Crippen LogP contribution in [0, 0.1) is 5.41 Å². The summed E-state index contributed by atoms with van der Waals surface area (Å²) in [6.07, 6.45) is 0.307. The van der Waals surface area contributed by atoms with Crippen LogP contribution in [0.2, 0.25) is 0 Å². The molecule has 0 saturated carbocycles. The second-order valence-electron chi connectivity index (χ2n) is 7.06. The molecule has 1 amide bonds. The van der Waals surface area contributed by atoms with E-state index in [-0.39, 0.29) is 35.4 Å². The standard InChI is InChI=1S/C17H32N2O3S3/c1-6-12(20)17(5,11-25)19-14(22)15(3,9-23)8-13(21)16(4,10-24)18-7-2/h18,23-25H,6-11H2,1-5H3,(H,19,22)/t15-,16-,17-/m0/s1. The first-order valence-electron chi connectivity index (χ1n) is 8.45. The van der Waals surface area contributed by atoms with Crippen LogP contribution >= 0.6 is 37.9 Å². The fourth-order valence-electron chi connectivity index (χ4n) is 2.38. The van der Waals surface area contributed by atoms with Gasteiger partial charge in [0.05, 0.1) is 11.0 Å². The van der Waals surface area contributed by atoms with Gasteiger partial charge >= 0.3 is 0 Å². The van der Waals surface area contributed by atoms with Gasteiger partial charge in [-0.2, -0.15) is 37.9 Å². The molecule has 0 heterocycles. The highest BCUT2D eigenvalue weighted by molar-refractivity contribution is 7.80. The zero-order valence-corrected chi connectivity index (χ0v) is 18.5. The zero-order chi connectivity index (χ0) is 19.9. The Hall–Kier alpha value is -0.180. The molecule has 0 radical (unpaired) electrons. The monoisotopic (exact) mass is 408 g/mol. The molecule has 0 aromatic carbocycles. The van der Waals surface area contributed by atoms with Crippen LogP contribution in [0.15, 0.2) is 0 Å². The van der Waals surface area contributed by atoms with E-state index >= 15 is 0 Å². The molecule has 0 aromatic rings. The molecule has 0 aliphatic rings. The van der Waals surface area contributed by atoms with Gasteiger partial charge in [-0.15, -0.1) is 0 Å². The molecule has 0 rings (SSSR count). The maximum Gasteiger partial charge on any atom is 0.228 e. The lowest BCUT2D eigenvalue weighted by Crippen LogP contribution is -2.59. The predicted octanol–water partition coefficient (Wildman–Crippen LogP) is 1.96. The maximum atomic E-state index is 12.9. The number of ketones is 2. The maximum absolute atomic E-state index is 12.9. The van der Waals surface area contributed by atoms with Gasteiger partial charge in [-0.25, -0.2) is 0 Å². The Kier molecular flexibility index (Phi) is 10.2. The van der Waals surface area contributed by atoms with Gasteiger partial charge < -0.3 is 10.6 Å². The minimum atomic E-state index is -1.06. The van der Waals surface area contributed by atoms with Crippen LogP contribution < -0.4 is 10.6 Å². The number of hydrogen-bond donors (Lipinski definition) is 5. The number of likely N-dealkylation sites (N-methyl/N-ethyl adjacent to an activating group) is 1. The zero-order valence-electron chi connectivity index (χ0n) is 15.8. The molecule has 5 nitrogen and oxygen atoms in total. The van der Waals surface area contributed by atoms with Crippen LogP contribution in [-0.4, -0.2) is 52.4 Å². The molecule has 8 heteroatoms. The number of thiol groups is 3. The summed E-state index contributed by atoms with van der Waals surface area (Å²) in [5.41, 5.74) is -2.90. The van der Waals surface area contributed by atoms with Gasteiger partial charge in [-0.1, -0.05) is 13.8 Å². The number of carbonyl (C=O) groups is 3. The quantitative estimate of drug-likeness (QED) is 0.320. The summed E-state index contributed by atoms with van der Waals surface area (Å²) < 4.78 is 0. The molecule has 2 N–H and O–H groups in total. The summed E-state index contributed by atoms with van der Waals surface area (Å²) >= 11 is 12.8. The topological polar surface area (TPSA) is 75.3 Å². The Morgan fingerprint density at radius 2 is 1.36 bits per heavy atom. The van der Waals surface area contributed by atoms with E-state index in [1.807, 2.05) is 6.92 Å². The van der Waals surface area contributed by atoms with Gasteiger partial charge in [0, 0.05) is 30.1 Å². The minimum absolute atomic E-state index is 0.00929. The lowest BCUT2D eigenvalue weighted by atomic mass is 9.80. The van der Waals surface area contributed by atoms with E-state index in [9.17, 15) is 14.4 Å². The van der Waals surface area contributed by atoms with Crippen molar-refractivity contribution < 1.29 is 14.4 Å². The molecular weight excluding hydrogens is 376 g/mol. The fourth-order valence-corrected chi connectivity index (χ4v) is 3.18. The summed E-state index contributed by atoms with van der Waals surface area (Å²) in [4.78, 5) is 37.8. The molecule has 146 valence electrons. The predicted molar refractivity (Wildman–Crippen MR) is 113 cm³/mol. The van der Waals surface area contributed by atoms with Crippen LogP contribution in [-0.2, 0) is 14.4 Å². The first-order valence-corrected chi connectivity index (χ1v) is 10.3. The minimum Gasteiger partial charge on any atom is -0.343 e. The van der Waals surface area contributed by atoms with E-state index in [0.717, 1.165) is 0 Å². The first kappa shape index (κ1) is 24.8. The molecule has 0 aromatic heterocycles. The lowest BCUT2D eigenvalue weighted by Gasteiger charge is -2.36. The van der Waals surface area contributed by atoms with Crippen LogP contribution in [0.25, 0.3) is 0 Å². The van der Waals surface area contributed by atoms with Crippen molar-refractivity contribution in [2.75, 3.05) is 23.8 Å². The van der Waals surface area contributed by atoms with Crippen LogP contribution in [0.3, 0.4) is 0 Å². The molecular formula is C17H32N2O3S3. The summed E-state index contributed by atoms with van der Waals surface area (Å²) in [6.45, 7) is 9.39. The van der Waals surface area contributed by atoms with Gasteiger partial charge in [0.1, 0.15) is 5.54 Å². The van der Waals surface area contributed by atoms with Crippen LogP contribution in [0.1, 0.15) is 47.5 Å². The van der Waals surface area contributed by atoms with Crippen molar-refractivity contribution in [1.82, 2.24) is 10.6 Å². The van der Waals surface area contributed by atoms with Crippen molar-refractivity contribution in [2.45, 2.75) is 58.5 Å². The smallest absolute Gasteiger partial charge is 0.228 e. The molecule has 0 spiro atoms. The number of hydrogen-bond acceptors (Lipinski definition) is 7. The largest absolute Gasteiger partial charge is 0.343 e. The van der Waals surface area contributed by atoms with Gasteiger partial charge in [0.25, 0.3) is 0 Å². The van der Waals surface area contributed by atoms with Gasteiger partial charge in [-0.05, 0) is 27.3 Å². The highest BCUT2D eigenvalue weighted by atomic mass is 32.1. The second kappa shape index (κ2) is 10.2. The van der Waals surface area contributed by atoms with Crippen molar-refractivity contribution in [3.8, 4) is 0 Å². The fraction of sp³-hybridized carbons (Fsp3) is 0.824. The molecule has 0 bridgehead atoms. The number of carbonyl (C=O) groups excluding carboxylic acids is 3. The molecule has 3 atom stereocenters. The van der Waals surface area contributed by atoms with Crippen molar-refractivity contribution in [3.63, 3.8) is 0 Å². The third-order valence-corrected chi connectivity index (χ3v) is 6.55. The Morgan fingerprint density at radius 1 is 0.840 bits per heavy atom. The van der Waals surface area contributed by atoms with E-state index in [0.29, 0.717) is 18.7 Å². The second-order valence-corrected chi connectivity index (χ2v) is 8.01. The number of amides is 1. The van der Waals surface area contributed by atoms with E-state index in [1.54, 1.807) is 27.7 Å². The summed E-state index contributed by atoms with van der Waals surface area (Å²) in [5.74, 6) is 0.122. The summed E-state index contributed by atoms with van der Waals surface area (Å²) in [6, 6.07) is 0. The highest BCUT2D eigenvalue weighted by Gasteiger charge is 2.43. The Balaban J connectivity index is 5.42. The van der Waals surface area contributed by atoms with E-state index < -0.39 is 16.5 Å². The Labute approximate surface area is 168 Å². The van der Waals surface area contributed by atoms with Gasteiger partial charge in [0.15, 0.2) is 11.6 Å². The molecule has 0 unspecified atom stereocenters. The first-order chi connectivity index (χ1) is 11.5. The average molecular weight is 409 g/mol. The van der Waals surface area contributed by atoms with Crippen molar-refractivity contribution >= 4 is 55.4 Å². The average Bonchev–Trinajstić information content (AvgIpc) is 2.60. The van der Waals surface area contributed by atoms with Gasteiger partial charge in [-0.3, -0.25) is 14.4 Å². The molecule has 0 fully saturated rings.